The van der Waals surface area contributed by atoms with Gasteiger partial charge in [-0.2, -0.15) is 0 Å². The highest BCUT2D eigenvalue weighted by atomic mass is 32.1. The fraction of sp³-hybridized carbons (Fsp3) is 0.391. The lowest BCUT2D eigenvalue weighted by molar-refractivity contribution is -0.127. The van der Waals surface area contributed by atoms with Crippen LogP contribution in [-0.2, 0) is 11.2 Å². The minimum absolute atomic E-state index is 0.137. The van der Waals surface area contributed by atoms with Crippen LogP contribution in [0.2, 0.25) is 0 Å². The molecule has 2 amide bonds. The molecular formula is C23H26N4O3S. The van der Waals surface area contributed by atoms with Crippen molar-refractivity contribution in [3.8, 4) is 0 Å². The van der Waals surface area contributed by atoms with Crippen LogP contribution in [0.25, 0.3) is 0 Å². The summed E-state index contributed by atoms with van der Waals surface area (Å²) in [6.45, 7) is 2.18. The largest absolute Gasteiger partial charge is 0.464 e. The molecule has 1 atom stereocenters. The molecule has 8 heteroatoms. The fourth-order valence-corrected chi connectivity index (χ4v) is 4.45. The van der Waals surface area contributed by atoms with Crippen LogP contribution < -0.4 is 5.32 Å². The monoisotopic (exact) mass is 438 g/mol. The first-order valence-electron chi connectivity index (χ1n) is 10.6. The average molecular weight is 439 g/mol. The van der Waals surface area contributed by atoms with Crippen molar-refractivity contribution in [1.82, 2.24) is 19.8 Å². The summed E-state index contributed by atoms with van der Waals surface area (Å²) >= 11 is 1.11. The van der Waals surface area contributed by atoms with Crippen molar-refractivity contribution in [1.29, 1.82) is 0 Å². The number of aromatic nitrogens is 2. The highest BCUT2D eigenvalue weighted by Gasteiger charge is 2.36. The number of hydrogen-bond acceptors (Lipinski definition) is 6. The number of furan rings is 1. The summed E-state index contributed by atoms with van der Waals surface area (Å²) in [5, 5.41) is 8.70. The lowest BCUT2D eigenvalue weighted by Gasteiger charge is -2.30. The van der Waals surface area contributed by atoms with Crippen molar-refractivity contribution in [2.45, 2.75) is 51.1 Å². The van der Waals surface area contributed by atoms with Gasteiger partial charge in [0.1, 0.15) is 11.5 Å². The lowest BCUT2D eigenvalue weighted by atomic mass is 10.1. The second-order valence-electron chi connectivity index (χ2n) is 7.87. The van der Waals surface area contributed by atoms with Crippen molar-refractivity contribution in [2.24, 2.45) is 0 Å². The van der Waals surface area contributed by atoms with Crippen LogP contribution in [0, 0.1) is 6.92 Å². The van der Waals surface area contributed by atoms with E-state index in [2.05, 4.69) is 14.9 Å². The van der Waals surface area contributed by atoms with Gasteiger partial charge in [0.2, 0.25) is 0 Å². The van der Waals surface area contributed by atoms with Crippen LogP contribution in [0.4, 0.5) is 0 Å². The second-order valence-corrected chi connectivity index (χ2v) is 8.48. The summed E-state index contributed by atoms with van der Waals surface area (Å²) in [4.78, 5) is 28.4. The second kappa shape index (κ2) is 9.87. The van der Waals surface area contributed by atoms with Crippen molar-refractivity contribution in [3.05, 3.63) is 70.6 Å². The Morgan fingerprint density at radius 1 is 1.19 bits per heavy atom. The predicted octanol–water partition coefficient (Wildman–Crippen LogP) is 3.92. The van der Waals surface area contributed by atoms with E-state index >= 15 is 0 Å². The van der Waals surface area contributed by atoms with Gasteiger partial charge in [-0.1, -0.05) is 47.7 Å². The van der Waals surface area contributed by atoms with E-state index in [0.717, 1.165) is 42.8 Å². The molecule has 1 aliphatic carbocycles. The summed E-state index contributed by atoms with van der Waals surface area (Å²) in [6.07, 6.45) is 4.75. The van der Waals surface area contributed by atoms with Gasteiger partial charge in [-0.25, -0.2) is 0 Å². The first kappa shape index (κ1) is 21.2. The summed E-state index contributed by atoms with van der Waals surface area (Å²) in [6, 6.07) is 12.8. The lowest BCUT2D eigenvalue weighted by Crippen LogP contribution is -2.46. The van der Waals surface area contributed by atoms with E-state index in [1.165, 1.54) is 0 Å². The maximum Gasteiger partial charge on any atom is 0.276 e. The SMILES string of the molecule is Cc1ccc([C@H](C(=O)NC2CCCC2)N(CCc2ccccc2)C(=O)c2csnn2)o1. The first-order valence-corrected chi connectivity index (χ1v) is 11.4. The molecule has 2 aromatic heterocycles. The minimum Gasteiger partial charge on any atom is -0.464 e. The maximum absolute atomic E-state index is 13.4. The molecule has 1 aromatic carbocycles. The van der Waals surface area contributed by atoms with Gasteiger partial charge in [-0.05, 0) is 55.4 Å². The van der Waals surface area contributed by atoms with Gasteiger partial charge < -0.3 is 14.6 Å². The number of nitrogens with zero attached hydrogens (tertiary/aromatic N) is 3. The molecular weight excluding hydrogens is 412 g/mol. The molecule has 4 rings (SSSR count). The molecule has 0 spiro atoms. The summed E-state index contributed by atoms with van der Waals surface area (Å²) < 4.78 is 9.67. The van der Waals surface area contributed by atoms with E-state index in [1.54, 1.807) is 16.3 Å². The highest BCUT2D eigenvalue weighted by Crippen LogP contribution is 2.27. The molecule has 2 heterocycles. The molecule has 0 aliphatic heterocycles. The number of rotatable bonds is 8. The molecule has 162 valence electrons. The van der Waals surface area contributed by atoms with Crippen LogP contribution in [-0.4, -0.2) is 38.9 Å². The number of carbonyl (C=O) groups is 2. The fourth-order valence-electron chi connectivity index (χ4n) is 4.02. The Labute approximate surface area is 185 Å². The number of benzene rings is 1. The number of aryl methyl sites for hydroxylation is 1. The van der Waals surface area contributed by atoms with E-state index in [4.69, 9.17) is 4.42 Å². The van der Waals surface area contributed by atoms with Gasteiger partial charge in [0.25, 0.3) is 11.8 Å². The smallest absolute Gasteiger partial charge is 0.276 e. The molecule has 0 radical (unpaired) electrons. The van der Waals surface area contributed by atoms with Crippen molar-refractivity contribution < 1.29 is 14.0 Å². The number of hydrogen-bond donors (Lipinski definition) is 1. The Morgan fingerprint density at radius 2 is 1.97 bits per heavy atom. The Kier molecular flexibility index (Phi) is 6.76. The molecule has 0 unspecified atom stereocenters. The van der Waals surface area contributed by atoms with Gasteiger partial charge in [-0.15, -0.1) is 5.10 Å². The van der Waals surface area contributed by atoms with E-state index in [-0.39, 0.29) is 23.6 Å². The van der Waals surface area contributed by atoms with E-state index in [0.29, 0.717) is 24.5 Å². The molecule has 0 saturated heterocycles. The Balaban J connectivity index is 1.65. The van der Waals surface area contributed by atoms with Crippen LogP contribution in [0.15, 0.2) is 52.3 Å². The third-order valence-corrected chi connectivity index (χ3v) is 6.12. The van der Waals surface area contributed by atoms with Crippen LogP contribution in [0.5, 0.6) is 0 Å². The molecule has 1 N–H and O–H groups in total. The van der Waals surface area contributed by atoms with Gasteiger partial charge >= 0.3 is 0 Å². The standard InChI is InChI=1S/C23H26N4O3S/c1-16-11-12-20(30-16)21(22(28)24-18-9-5-6-10-18)27(23(29)19-15-31-26-25-19)14-13-17-7-3-2-4-8-17/h2-4,7-8,11-12,15,18,21H,5-6,9-10,13-14H2,1H3,(H,24,28)/t21-/m1/s1. The zero-order chi connectivity index (χ0) is 21.6. The van der Waals surface area contributed by atoms with Crippen molar-refractivity contribution >= 4 is 23.3 Å². The average Bonchev–Trinajstić information content (AvgIpc) is 3.54. The summed E-state index contributed by atoms with van der Waals surface area (Å²) in [5.41, 5.74) is 1.32. The third kappa shape index (κ3) is 5.19. The van der Waals surface area contributed by atoms with Gasteiger partial charge in [-0.3, -0.25) is 9.59 Å². The van der Waals surface area contributed by atoms with Crippen molar-refractivity contribution in [2.75, 3.05) is 6.54 Å². The zero-order valence-electron chi connectivity index (χ0n) is 17.5. The molecule has 31 heavy (non-hydrogen) atoms. The molecule has 1 saturated carbocycles. The Morgan fingerprint density at radius 3 is 2.61 bits per heavy atom. The maximum atomic E-state index is 13.4. The molecule has 7 nitrogen and oxygen atoms in total. The number of amides is 2. The minimum atomic E-state index is -0.868. The van der Waals surface area contributed by atoms with Gasteiger partial charge in [0.05, 0.1) is 0 Å². The van der Waals surface area contributed by atoms with Crippen LogP contribution in [0.1, 0.15) is 59.3 Å². The molecule has 0 bridgehead atoms. The predicted molar refractivity (Wildman–Crippen MR) is 118 cm³/mol. The van der Waals surface area contributed by atoms with Gasteiger partial charge in [0.15, 0.2) is 11.7 Å². The van der Waals surface area contributed by atoms with E-state index in [1.807, 2.05) is 43.3 Å². The van der Waals surface area contributed by atoms with Crippen LogP contribution in [0.3, 0.4) is 0 Å². The highest BCUT2D eigenvalue weighted by molar-refractivity contribution is 7.03. The topological polar surface area (TPSA) is 88.3 Å². The number of nitrogens with one attached hydrogen (secondary N) is 1. The zero-order valence-corrected chi connectivity index (χ0v) is 18.3. The quantitative estimate of drug-likeness (QED) is 0.576. The molecule has 1 aliphatic rings. The molecule has 1 fully saturated rings. The normalized spacial score (nSPS) is 15.0. The third-order valence-electron chi connectivity index (χ3n) is 5.62. The van der Waals surface area contributed by atoms with Crippen molar-refractivity contribution in [3.63, 3.8) is 0 Å². The Bertz CT molecular complexity index is 997. The molecule has 3 aromatic rings. The van der Waals surface area contributed by atoms with Crippen LogP contribution >= 0.6 is 11.5 Å². The number of carbonyl (C=O) groups excluding carboxylic acids is 2. The van der Waals surface area contributed by atoms with Gasteiger partial charge in [0, 0.05) is 18.0 Å². The first-order chi connectivity index (χ1) is 15.1. The van der Waals surface area contributed by atoms with E-state index in [9.17, 15) is 9.59 Å². The van der Waals surface area contributed by atoms with E-state index < -0.39 is 6.04 Å². The Hall–Kier alpha value is -3.00. The summed E-state index contributed by atoms with van der Waals surface area (Å²) in [7, 11) is 0. The summed E-state index contributed by atoms with van der Waals surface area (Å²) in [5.74, 6) is 0.605.